The van der Waals surface area contributed by atoms with Gasteiger partial charge in [0.25, 0.3) is 0 Å². The lowest BCUT2D eigenvalue weighted by molar-refractivity contribution is -0.0500. The van der Waals surface area contributed by atoms with E-state index in [0.717, 1.165) is 22.3 Å². The van der Waals surface area contributed by atoms with Crippen LogP contribution in [-0.4, -0.2) is 27.6 Å². The third-order valence-corrected chi connectivity index (χ3v) is 6.10. The molecule has 0 aromatic heterocycles. The Morgan fingerprint density at radius 3 is 2.18 bits per heavy atom. The summed E-state index contributed by atoms with van der Waals surface area (Å²) in [6.07, 6.45) is 0.580. The molecule has 1 aliphatic heterocycles. The van der Waals surface area contributed by atoms with E-state index in [9.17, 15) is 21.6 Å². The molecule has 0 saturated carbocycles. The van der Waals surface area contributed by atoms with E-state index in [1.54, 1.807) is 19.2 Å². The molecule has 1 aliphatic rings. The molecule has 9 heteroatoms. The van der Waals surface area contributed by atoms with Crippen molar-refractivity contribution in [3.8, 4) is 17.2 Å². The molecule has 4 rings (SSSR count). The quantitative estimate of drug-likeness (QED) is 0.351. The molecule has 0 bridgehead atoms. The molecule has 33 heavy (non-hydrogen) atoms. The SMILES string of the molecule is COc1ccc2c(c1)OCCC(c1ccccc1)=C2c1ccc(OS(=O)(=O)C(F)(F)F)cc1. The molecule has 0 amide bonds. The Morgan fingerprint density at radius 2 is 1.55 bits per heavy atom. The summed E-state index contributed by atoms with van der Waals surface area (Å²) < 4.78 is 76.1. The van der Waals surface area contributed by atoms with E-state index in [1.165, 1.54) is 24.3 Å². The first-order valence-electron chi connectivity index (χ1n) is 9.90. The maximum atomic E-state index is 12.7. The Balaban J connectivity index is 1.84. The molecule has 0 atom stereocenters. The van der Waals surface area contributed by atoms with Gasteiger partial charge in [0, 0.05) is 18.1 Å². The van der Waals surface area contributed by atoms with Crippen molar-refractivity contribution in [2.24, 2.45) is 0 Å². The molecule has 0 N–H and O–H groups in total. The second kappa shape index (κ2) is 8.82. The van der Waals surface area contributed by atoms with E-state index in [-0.39, 0.29) is 0 Å². The number of ether oxygens (including phenoxy) is 2. The van der Waals surface area contributed by atoms with Crippen LogP contribution in [0.2, 0.25) is 0 Å². The molecule has 172 valence electrons. The molecule has 1 heterocycles. The molecule has 5 nitrogen and oxygen atoms in total. The van der Waals surface area contributed by atoms with E-state index in [0.29, 0.717) is 30.1 Å². The molecule has 3 aromatic rings. The minimum atomic E-state index is -5.75. The third-order valence-electron chi connectivity index (χ3n) is 5.12. The van der Waals surface area contributed by atoms with Gasteiger partial charge in [-0.3, -0.25) is 0 Å². The number of alkyl halides is 3. The second-order valence-corrected chi connectivity index (χ2v) is 8.73. The zero-order valence-corrected chi connectivity index (χ0v) is 18.2. The highest BCUT2D eigenvalue weighted by Crippen LogP contribution is 2.42. The van der Waals surface area contributed by atoms with Gasteiger partial charge >= 0.3 is 15.6 Å². The Hall–Kier alpha value is -3.46. The van der Waals surface area contributed by atoms with Crippen LogP contribution in [0.3, 0.4) is 0 Å². The first-order chi connectivity index (χ1) is 15.7. The van der Waals surface area contributed by atoms with E-state index < -0.39 is 21.4 Å². The molecule has 0 aliphatic carbocycles. The molecular weight excluding hydrogens is 457 g/mol. The molecule has 0 radical (unpaired) electrons. The van der Waals surface area contributed by atoms with Crippen molar-refractivity contribution in [1.82, 2.24) is 0 Å². The molecule has 0 fully saturated rings. The fourth-order valence-corrected chi connectivity index (χ4v) is 4.07. The van der Waals surface area contributed by atoms with Crippen LogP contribution in [-0.2, 0) is 10.1 Å². The number of hydrogen-bond acceptors (Lipinski definition) is 5. The summed E-state index contributed by atoms with van der Waals surface area (Å²) in [6.45, 7) is 0.416. The number of benzene rings is 3. The first-order valence-corrected chi connectivity index (χ1v) is 11.3. The lowest BCUT2D eigenvalue weighted by Crippen LogP contribution is -2.28. The van der Waals surface area contributed by atoms with Gasteiger partial charge in [0.2, 0.25) is 0 Å². The van der Waals surface area contributed by atoms with Gasteiger partial charge in [0.1, 0.15) is 17.2 Å². The van der Waals surface area contributed by atoms with Gasteiger partial charge in [0.05, 0.1) is 13.7 Å². The van der Waals surface area contributed by atoms with Crippen molar-refractivity contribution in [2.45, 2.75) is 11.9 Å². The molecular formula is C24H19F3O5S. The predicted octanol–water partition coefficient (Wildman–Crippen LogP) is 5.67. The summed E-state index contributed by atoms with van der Waals surface area (Å²) in [5.74, 6) is 0.797. The summed E-state index contributed by atoms with van der Waals surface area (Å²) in [4.78, 5) is 0. The van der Waals surface area contributed by atoms with Crippen LogP contribution in [0.25, 0.3) is 11.1 Å². The van der Waals surface area contributed by atoms with Crippen molar-refractivity contribution in [2.75, 3.05) is 13.7 Å². The molecule has 0 saturated heterocycles. The van der Waals surface area contributed by atoms with Crippen molar-refractivity contribution >= 4 is 21.3 Å². The number of halogens is 3. The largest absolute Gasteiger partial charge is 0.534 e. The lowest BCUT2D eigenvalue weighted by Gasteiger charge is -2.16. The van der Waals surface area contributed by atoms with Crippen molar-refractivity contribution in [3.05, 3.63) is 89.5 Å². The zero-order chi connectivity index (χ0) is 23.6. The fourth-order valence-electron chi connectivity index (χ4n) is 3.62. The van der Waals surface area contributed by atoms with Gasteiger partial charge in [-0.25, -0.2) is 0 Å². The highest BCUT2D eigenvalue weighted by atomic mass is 32.2. The zero-order valence-electron chi connectivity index (χ0n) is 17.4. The monoisotopic (exact) mass is 476 g/mol. The van der Waals surface area contributed by atoms with Gasteiger partial charge in [-0.05, 0) is 46.5 Å². The van der Waals surface area contributed by atoms with E-state index in [1.807, 2.05) is 36.4 Å². The Kier molecular flexibility index (Phi) is 6.07. The molecule has 0 unspecified atom stereocenters. The van der Waals surface area contributed by atoms with Gasteiger partial charge < -0.3 is 13.7 Å². The number of fused-ring (bicyclic) bond motifs is 1. The number of rotatable bonds is 5. The van der Waals surface area contributed by atoms with Gasteiger partial charge in [-0.2, -0.15) is 21.6 Å². The Labute approximate surface area is 189 Å². The van der Waals surface area contributed by atoms with Crippen molar-refractivity contribution in [3.63, 3.8) is 0 Å². The van der Waals surface area contributed by atoms with Crippen molar-refractivity contribution < 1.29 is 35.2 Å². The Bertz CT molecular complexity index is 1280. The van der Waals surface area contributed by atoms with E-state index >= 15 is 0 Å². The summed E-state index contributed by atoms with van der Waals surface area (Å²) in [5.41, 5.74) is -1.28. The normalized spacial score (nSPS) is 14.2. The van der Waals surface area contributed by atoms with Crippen LogP contribution in [0.15, 0.2) is 72.8 Å². The van der Waals surface area contributed by atoms with Crippen LogP contribution in [0.4, 0.5) is 13.2 Å². The summed E-state index contributed by atoms with van der Waals surface area (Å²) in [5, 5.41) is 0. The average molecular weight is 476 g/mol. The van der Waals surface area contributed by atoms with Crippen molar-refractivity contribution in [1.29, 1.82) is 0 Å². The summed E-state index contributed by atoms with van der Waals surface area (Å²) in [6, 6.07) is 20.6. The minimum absolute atomic E-state index is 0.416. The highest BCUT2D eigenvalue weighted by Gasteiger charge is 2.48. The highest BCUT2D eigenvalue weighted by molar-refractivity contribution is 7.88. The average Bonchev–Trinajstić information content (AvgIpc) is 2.98. The smallest absolute Gasteiger partial charge is 0.497 e. The van der Waals surface area contributed by atoms with Gasteiger partial charge in [-0.15, -0.1) is 0 Å². The topological polar surface area (TPSA) is 61.8 Å². The lowest BCUT2D eigenvalue weighted by atomic mass is 9.88. The number of hydrogen-bond donors (Lipinski definition) is 0. The van der Waals surface area contributed by atoms with Crippen LogP contribution < -0.4 is 13.7 Å². The van der Waals surface area contributed by atoms with Crippen LogP contribution in [0.1, 0.15) is 23.1 Å². The van der Waals surface area contributed by atoms with E-state index in [2.05, 4.69) is 4.18 Å². The number of methoxy groups -OCH3 is 1. The first kappa shape index (κ1) is 22.7. The maximum Gasteiger partial charge on any atom is 0.534 e. The van der Waals surface area contributed by atoms with Crippen LogP contribution in [0.5, 0.6) is 17.2 Å². The molecule has 0 spiro atoms. The summed E-state index contributed by atoms with van der Waals surface area (Å²) >= 11 is 0. The van der Waals surface area contributed by atoms with Gasteiger partial charge in [-0.1, -0.05) is 42.5 Å². The maximum absolute atomic E-state index is 12.7. The standard InChI is InChI=1S/C24H19F3O5S/c1-30-19-11-12-21-22(15-19)31-14-13-20(16-5-3-2-4-6-16)23(21)17-7-9-18(10-8-17)32-33(28,29)24(25,26)27/h2-12,15H,13-14H2,1H3. The fraction of sp³-hybridized carbons (Fsp3) is 0.167. The predicted molar refractivity (Wildman–Crippen MR) is 118 cm³/mol. The van der Waals surface area contributed by atoms with Crippen LogP contribution >= 0.6 is 0 Å². The summed E-state index contributed by atoms with van der Waals surface area (Å²) in [7, 11) is -4.20. The van der Waals surface area contributed by atoms with E-state index in [4.69, 9.17) is 9.47 Å². The molecule has 3 aromatic carbocycles. The minimum Gasteiger partial charge on any atom is -0.497 e. The Morgan fingerprint density at radius 1 is 0.879 bits per heavy atom. The third kappa shape index (κ3) is 4.68. The van der Waals surface area contributed by atoms with Crippen LogP contribution in [0, 0.1) is 0 Å². The second-order valence-electron chi connectivity index (χ2n) is 7.19. The van der Waals surface area contributed by atoms with Gasteiger partial charge in [0.15, 0.2) is 0 Å².